The molecule has 2 atom stereocenters. The molecule has 0 aliphatic rings. The molecular formula is C14H18N2O. The Balaban J connectivity index is 2.05. The van der Waals surface area contributed by atoms with Gasteiger partial charge in [0.15, 0.2) is 0 Å². The molecule has 17 heavy (non-hydrogen) atoms. The van der Waals surface area contributed by atoms with E-state index in [1.807, 2.05) is 31.3 Å². The van der Waals surface area contributed by atoms with Gasteiger partial charge in [-0.3, -0.25) is 4.68 Å². The zero-order chi connectivity index (χ0) is 12.3. The Morgan fingerprint density at radius 3 is 2.53 bits per heavy atom. The third kappa shape index (κ3) is 2.74. The number of benzene rings is 1. The molecule has 3 nitrogen and oxygen atoms in total. The molecule has 0 saturated carbocycles. The molecule has 0 spiro atoms. The van der Waals surface area contributed by atoms with Crippen LogP contribution >= 0.6 is 0 Å². The first-order chi connectivity index (χ1) is 8.18. The molecule has 2 rings (SSSR count). The van der Waals surface area contributed by atoms with Crippen LogP contribution in [0.5, 0.6) is 0 Å². The number of hydrogen-bond donors (Lipinski definition) is 1. The maximum absolute atomic E-state index is 10.2. The average molecular weight is 230 g/mol. The van der Waals surface area contributed by atoms with Crippen molar-refractivity contribution in [2.24, 2.45) is 7.05 Å². The topological polar surface area (TPSA) is 38.1 Å². The van der Waals surface area contributed by atoms with Gasteiger partial charge in [-0.2, -0.15) is 5.10 Å². The van der Waals surface area contributed by atoms with Crippen LogP contribution in [0.25, 0.3) is 0 Å². The fourth-order valence-electron chi connectivity index (χ4n) is 2.08. The minimum Gasteiger partial charge on any atom is -0.387 e. The maximum atomic E-state index is 10.2. The van der Waals surface area contributed by atoms with Gasteiger partial charge in [0.25, 0.3) is 0 Å². The number of aliphatic hydroxyl groups is 1. The monoisotopic (exact) mass is 230 g/mol. The normalized spacial score (nSPS) is 14.5. The van der Waals surface area contributed by atoms with E-state index < -0.39 is 6.10 Å². The molecule has 0 fully saturated rings. The van der Waals surface area contributed by atoms with Crippen molar-refractivity contribution in [2.45, 2.75) is 25.4 Å². The minimum atomic E-state index is -0.460. The van der Waals surface area contributed by atoms with E-state index in [-0.39, 0.29) is 0 Å². The Labute approximate surface area is 102 Å². The molecule has 0 saturated heterocycles. The summed E-state index contributed by atoms with van der Waals surface area (Å²) in [7, 11) is 1.85. The van der Waals surface area contributed by atoms with E-state index in [9.17, 15) is 5.11 Å². The molecule has 0 aliphatic heterocycles. The number of aliphatic hydroxyl groups excluding tert-OH is 1. The van der Waals surface area contributed by atoms with Crippen LogP contribution in [0.2, 0.25) is 0 Å². The lowest BCUT2D eigenvalue weighted by molar-refractivity contribution is 0.150. The summed E-state index contributed by atoms with van der Waals surface area (Å²) in [6.45, 7) is 2.13. The third-order valence-electron chi connectivity index (χ3n) is 3.15. The molecule has 1 aromatic carbocycles. The molecule has 2 unspecified atom stereocenters. The summed E-state index contributed by atoms with van der Waals surface area (Å²) in [6.07, 6.45) is 1.97. The fourth-order valence-corrected chi connectivity index (χ4v) is 2.08. The zero-order valence-corrected chi connectivity index (χ0v) is 10.2. The Kier molecular flexibility index (Phi) is 3.59. The number of aromatic nitrogens is 2. The fraction of sp³-hybridized carbons (Fsp3) is 0.357. The lowest BCUT2D eigenvalue weighted by Crippen LogP contribution is -2.08. The summed E-state index contributed by atoms with van der Waals surface area (Å²) >= 11 is 0. The summed E-state index contributed by atoms with van der Waals surface area (Å²) in [5, 5.41) is 14.2. The van der Waals surface area contributed by atoms with Gasteiger partial charge >= 0.3 is 0 Å². The van der Waals surface area contributed by atoms with Crippen molar-refractivity contribution in [3.63, 3.8) is 0 Å². The average Bonchev–Trinajstić information content (AvgIpc) is 2.76. The molecule has 1 aromatic heterocycles. The van der Waals surface area contributed by atoms with Gasteiger partial charge in [-0.15, -0.1) is 0 Å². The number of aryl methyl sites for hydroxylation is 1. The first-order valence-corrected chi connectivity index (χ1v) is 5.89. The molecule has 0 amide bonds. The molecule has 0 bridgehead atoms. The Hall–Kier alpha value is -1.61. The first kappa shape index (κ1) is 11.9. The summed E-state index contributed by atoms with van der Waals surface area (Å²) in [5.41, 5.74) is 2.13. The standard InChI is InChI=1S/C14H18N2O/c1-11(12-6-4-3-5-7-12)10-14(17)13-8-9-15-16(13)2/h3-9,11,14,17H,10H2,1-2H3. The van der Waals surface area contributed by atoms with Gasteiger partial charge in [-0.1, -0.05) is 37.3 Å². The summed E-state index contributed by atoms with van der Waals surface area (Å²) in [6, 6.07) is 12.1. The second-order valence-corrected chi connectivity index (χ2v) is 4.44. The molecule has 90 valence electrons. The van der Waals surface area contributed by atoms with Gasteiger partial charge in [0.2, 0.25) is 0 Å². The first-order valence-electron chi connectivity index (χ1n) is 5.89. The van der Waals surface area contributed by atoms with Gasteiger partial charge in [0.05, 0.1) is 11.8 Å². The van der Waals surface area contributed by atoms with E-state index in [0.717, 1.165) is 5.69 Å². The highest BCUT2D eigenvalue weighted by Gasteiger charge is 2.16. The van der Waals surface area contributed by atoms with Crippen LogP contribution in [-0.2, 0) is 7.05 Å². The minimum absolute atomic E-state index is 0.334. The van der Waals surface area contributed by atoms with Crippen LogP contribution in [0.3, 0.4) is 0 Å². The summed E-state index contributed by atoms with van der Waals surface area (Å²) in [4.78, 5) is 0. The second kappa shape index (κ2) is 5.15. The highest BCUT2D eigenvalue weighted by atomic mass is 16.3. The molecule has 0 aliphatic carbocycles. The predicted molar refractivity (Wildman–Crippen MR) is 67.6 cm³/mol. The lowest BCUT2D eigenvalue weighted by atomic mass is 9.94. The van der Waals surface area contributed by atoms with Crippen molar-refractivity contribution < 1.29 is 5.11 Å². The van der Waals surface area contributed by atoms with Gasteiger partial charge in [-0.05, 0) is 24.0 Å². The zero-order valence-electron chi connectivity index (χ0n) is 10.2. The number of hydrogen-bond acceptors (Lipinski definition) is 2. The molecule has 2 aromatic rings. The molecular weight excluding hydrogens is 212 g/mol. The highest BCUT2D eigenvalue weighted by molar-refractivity contribution is 5.19. The van der Waals surface area contributed by atoms with Crippen molar-refractivity contribution >= 4 is 0 Å². The van der Waals surface area contributed by atoms with Crippen LogP contribution in [0.15, 0.2) is 42.6 Å². The highest BCUT2D eigenvalue weighted by Crippen LogP contribution is 2.27. The molecule has 1 N–H and O–H groups in total. The third-order valence-corrected chi connectivity index (χ3v) is 3.15. The molecule has 1 heterocycles. The van der Waals surface area contributed by atoms with E-state index >= 15 is 0 Å². The van der Waals surface area contributed by atoms with Gasteiger partial charge < -0.3 is 5.11 Å². The van der Waals surface area contributed by atoms with Crippen molar-refractivity contribution in [3.05, 3.63) is 53.9 Å². The summed E-state index contributed by atoms with van der Waals surface area (Å²) < 4.78 is 1.72. The SMILES string of the molecule is CC(CC(O)c1ccnn1C)c1ccccc1. The smallest absolute Gasteiger partial charge is 0.0962 e. The maximum Gasteiger partial charge on any atom is 0.0962 e. The van der Waals surface area contributed by atoms with Crippen molar-refractivity contribution in [3.8, 4) is 0 Å². The Morgan fingerprint density at radius 1 is 1.24 bits per heavy atom. The molecule has 0 radical (unpaired) electrons. The van der Waals surface area contributed by atoms with Crippen LogP contribution < -0.4 is 0 Å². The van der Waals surface area contributed by atoms with Gasteiger partial charge in [0, 0.05) is 13.2 Å². The largest absolute Gasteiger partial charge is 0.387 e. The lowest BCUT2D eigenvalue weighted by Gasteiger charge is -2.17. The van der Waals surface area contributed by atoms with E-state index in [1.165, 1.54) is 5.56 Å². The van der Waals surface area contributed by atoms with E-state index in [4.69, 9.17) is 0 Å². The van der Waals surface area contributed by atoms with E-state index in [0.29, 0.717) is 12.3 Å². The van der Waals surface area contributed by atoms with E-state index in [1.54, 1.807) is 10.9 Å². The number of rotatable bonds is 4. The van der Waals surface area contributed by atoms with Crippen LogP contribution in [-0.4, -0.2) is 14.9 Å². The summed E-state index contributed by atoms with van der Waals surface area (Å²) in [5.74, 6) is 0.334. The van der Waals surface area contributed by atoms with Crippen LogP contribution in [0.4, 0.5) is 0 Å². The van der Waals surface area contributed by atoms with Crippen LogP contribution in [0, 0.1) is 0 Å². The predicted octanol–water partition coefficient (Wildman–Crippen LogP) is 2.65. The van der Waals surface area contributed by atoms with Gasteiger partial charge in [0.1, 0.15) is 0 Å². The van der Waals surface area contributed by atoms with Crippen molar-refractivity contribution in [1.29, 1.82) is 0 Å². The van der Waals surface area contributed by atoms with Crippen LogP contribution in [0.1, 0.15) is 36.6 Å². The second-order valence-electron chi connectivity index (χ2n) is 4.44. The van der Waals surface area contributed by atoms with Gasteiger partial charge in [-0.25, -0.2) is 0 Å². The molecule has 3 heteroatoms. The van der Waals surface area contributed by atoms with Crippen molar-refractivity contribution in [1.82, 2.24) is 9.78 Å². The quantitative estimate of drug-likeness (QED) is 0.876. The van der Waals surface area contributed by atoms with E-state index in [2.05, 4.69) is 24.2 Å². The van der Waals surface area contributed by atoms with Crippen molar-refractivity contribution in [2.75, 3.05) is 0 Å². The Bertz CT molecular complexity index is 464. The Morgan fingerprint density at radius 2 is 1.94 bits per heavy atom. The number of nitrogens with zero attached hydrogens (tertiary/aromatic N) is 2.